The summed E-state index contributed by atoms with van der Waals surface area (Å²) < 4.78 is 111. The Bertz CT molecular complexity index is 1530. The van der Waals surface area contributed by atoms with Gasteiger partial charge in [0.1, 0.15) is 23.8 Å². The van der Waals surface area contributed by atoms with Crippen LogP contribution in [0.15, 0.2) is 24.5 Å². The Balaban J connectivity index is 1.66. The van der Waals surface area contributed by atoms with Crippen molar-refractivity contribution in [3.8, 4) is 11.3 Å². The smallest absolute Gasteiger partial charge is 0.382 e. The minimum absolute atomic E-state index is 0.403. The Morgan fingerprint density at radius 1 is 1.17 bits per heavy atom. The minimum Gasteiger partial charge on any atom is -0.382 e. The first kappa shape index (κ1) is 30.2. The van der Waals surface area contributed by atoms with E-state index in [9.17, 15) is 49.8 Å². The number of amides is 2. The molecule has 222 valence electrons. The molecule has 1 aliphatic heterocycles. The predicted molar refractivity (Wildman–Crippen MR) is 127 cm³/mol. The van der Waals surface area contributed by atoms with Gasteiger partial charge in [0.25, 0.3) is 11.8 Å². The summed E-state index contributed by atoms with van der Waals surface area (Å²) in [4.78, 5) is 29.3. The summed E-state index contributed by atoms with van der Waals surface area (Å²) in [6.45, 7) is -0.736. The van der Waals surface area contributed by atoms with Crippen molar-refractivity contribution in [2.24, 2.45) is 0 Å². The number of likely N-dealkylation sites (tertiary alicyclic amines) is 1. The summed E-state index contributed by atoms with van der Waals surface area (Å²) in [5, 5.41) is 15.2. The van der Waals surface area contributed by atoms with E-state index in [2.05, 4.69) is 15.4 Å². The summed E-state index contributed by atoms with van der Waals surface area (Å²) >= 11 is 5.99. The monoisotopic (exact) mass is 614 g/mol. The van der Waals surface area contributed by atoms with E-state index in [0.29, 0.717) is 21.5 Å². The molecular formula is C23H19ClF8N6O3. The number of halogens is 9. The van der Waals surface area contributed by atoms with Crippen molar-refractivity contribution in [1.29, 1.82) is 0 Å². The lowest BCUT2D eigenvalue weighted by molar-refractivity contribution is -0.256. The highest BCUT2D eigenvalue weighted by Crippen LogP contribution is 2.40. The van der Waals surface area contributed by atoms with Crippen LogP contribution in [0.1, 0.15) is 29.3 Å². The van der Waals surface area contributed by atoms with Crippen LogP contribution in [0.2, 0.25) is 5.02 Å². The maximum absolute atomic E-state index is 15.0. The van der Waals surface area contributed by atoms with Crippen molar-refractivity contribution in [3.63, 3.8) is 0 Å². The van der Waals surface area contributed by atoms with Crippen molar-refractivity contribution in [3.05, 3.63) is 46.5 Å². The third-order valence-electron chi connectivity index (χ3n) is 6.65. The molecule has 2 aromatic heterocycles. The summed E-state index contributed by atoms with van der Waals surface area (Å²) in [6, 6.07) is 0.356. The Morgan fingerprint density at radius 2 is 1.83 bits per heavy atom. The number of fused-ring (bicyclic) bond motifs is 1. The largest absolute Gasteiger partial charge is 0.426 e. The van der Waals surface area contributed by atoms with E-state index in [1.807, 2.05) is 0 Å². The van der Waals surface area contributed by atoms with E-state index >= 15 is 0 Å². The summed E-state index contributed by atoms with van der Waals surface area (Å²) in [5.74, 6) is -4.72. The second-order valence-electron chi connectivity index (χ2n) is 9.18. The number of aliphatic hydroxyl groups is 1. The van der Waals surface area contributed by atoms with E-state index in [1.165, 1.54) is 0 Å². The van der Waals surface area contributed by atoms with Gasteiger partial charge >= 0.3 is 12.4 Å². The van der Waals surface area contributed by atoms with Crippen LogP contribution in [-0.4, -0.2) is 73.5 Å². The minimum atomic E-state index is -5.35. The van der Waals surface area contributed by atoms with E-state index in [4.69, 9.17) is 17.3 Å². The summed E-state index contributed by atoms with van der Waals surface area (Å²) in [6.07, 6.45) is -12.6. The molecule has 0 radical (unpaired) electrons. The number of hydrogen-bond acceptors (Lipinski definition) is 6. The molecule has 0 bridgehead atoms. The van der Waals surface area contributed by atoms with Crippen LogP contribution in [-0.2, 0) is 11.0 Å². The zero-order valence-electron chi connectivity index (χ0n) is 20.6. The number of alkyl halides is 7. The molecule has 1 aromatic carbocycles. The van der Waals surface area contributed by atoms with Crippen LogP contribution in [0.25, 0.3) is 16.8 Å². The molecule has 41 heavy (non-hydrogen) atoms. The highest BCUT2D eigenvalue weighted by molar-refractivity contribution is 6.34. The van der Waals surface area contributed by atoms with Crippen LogP contribution in [0, 0.1) is 5.82 Å². The quantitative estimate of drug-likeness (QED) is 0.376. The number of benzene rings is 1. The van der Waals surface area contributed by atoms with Gasteiger partial charge in [0.05, 0.1) is 34.4 Å². The molecule has 4 N–H and O–H groups in total. The maximum Gasteiger partial charge on any atom is 0.426 e. The molecule has 4 rings (SSSR count). The summed E-state index contributed by atoms with van der Waals surface area (Å²) in [5.41, 5.74) is -1.77. The normalized spacial score (nSPS) is 19.4. The lowest BCUT2D eigenvalue weighted by Gasteiger charge is -2.31. The second kappa shape index (κ2) is 10.3. The molecular weight excluding hydrogens is 596 g/mol. The van der Waals surface area contributed by atoms with Gasteiger partial charge in [-0.2, -0.15) is 31.4 Å². The third-order valence-corrected chi connectivity index (χ3v) is 6.96. The lowest BCUT2D eigenvalue weighted by Crippen LogP contribution is -2.57. The molecule has 0 saturated carbocycles. The van der Waals surface area contributed by atoms with Crippen LogP contribution >= 0.6 is 11.6 Å². The first-order valence-corrected chi connectivity index (χ1v) is 12.0. The van der Waals surface area contributed by atoms with Crippen molar-refractivity contribution in [2.45, 2.75) is 43.5 Å². The van der Waals surface area contributed by atoms with Gasteiger partial charge in [0.2, 0.25) is 5.60 Å². The maximum atomic E-state index is 15.0. The third kappa shape index (κ3) is 5.23. The fourth-order valence-electron chi connectivity index (χ4n) is 4.44. The molecule has 1 unspecified atom stereocenters. The molecule has 3 aromatic rings. The Hall–Kier alpha value is -3.73. The van der Waals surface area contributed by atoms with Gasteiger partial charge in [-0.3, -0.25) is 9.59 Å². The Kier molecular flexibility index (Phi) is 7.58. The average molecular weight is 615 g/mol. The molecule has 9 nitrogen and oxygen atoms in total. The first-order chi connectivity index (χ1) is 18.9. The molecule has 18 heteroatoms. The molecule has 0 spiro atoms. The number of nitrogens with two attached hydrogens (primary N) is 1. The fourth-order valence-corrected chi connectivity index (χ4v) is 4.68. The molecule has 3 atom stereocenters. The summed E-state index contributed by atoms with van der Waals surface area (Å²) in [7, 11) is 0. The van der Waals surface area contributed by atoms with E-state index < -0.39 is 106 Å². The van der Waals surface area contributed by atoms with Gasteiger partial charge in [-0.1, -0.05) is 18.5 Å². The topological polar surface area (TPSA) is 126 Å². The number of hydrogen-bond donors (Lipinski definition) is 3. The standard InChI is InChI=1S/C23H19ClF8N6O3/c1-2-21(41,23(30,31)32)20(40)37-6-14(26)15(7-37)36-19(39)9-3-10(13(25)5-12(9)24)16-4-11(22(27,28)29)17-18(33)34-8-35-38(16)17/h3-5,8,14-15,41H,2,6-7H2,1H3,(H,36,39)(H2,33,34,35)/t14-,15+,21?/m0/s1. The number of anilines is 1. The Morgan fingerprint density at radius 3 is 2.41 bits per heavy atom. The predicted octanol–water partition coefficient (Wildman–Crippen LogP) is 3.77. The number of carbonyl (C=O) groups excluding carboxylic acids is 2. The molecule has 1 aliphatic rings. The number of aromatic nitrogens is 3. The Labute approximate surface area is 229 Å². The van der Waals surface area contributed by atoms with Crippen LogP contribution in [0.5, 0.6) is 0 Å². The average Bonchev–Trinajstić information content (AvgIpc) is 3.44. The number of rotatable bonds is 5. The van der Waals surface area contributed by atoms with E-state index in [1.54, 1.807) is 0 Å². The highest BCUT2D eigenvalue weighted by Gasteiger charge is 2.60. The molecule has 0 aliphatic carbocycles. The number of nitrogens with one attached hydrogen (secondary N) is 1. The zero-order valence-corrected chi connectivity index (χ0v) is 21.4. The highest BCUT2D eigenvalue weighted by atomic mass is 35.5. The van der Waals surface area contributed by atoms with Gasteiger partial charge in [-0.05, 0) is 24.6 Å². The van der Waals surface area contributed by atoms with Crippen LogP contribution < -0.4 is 11.1 Å². The van der Waals surface area contributed by atoms with Gasteiger partial charge in [-0.25, -0.2) is 18.3 Å². The van der Waals surface area contributed by atoms with Crippen LogP contribution in [0.4, 0.5) is 40.9 Å². The molecule has 1 fully saturated rings. The SMILES string of the molecule is CCC(O)(C(=O)N1C[C@H](F)[C@H](NC(=O)c2cc(-c3cc(C(F)(F)F)c4c(N)ncnn34)c(F)cc2Cl)C1)C(F)(F)F. The van der Waals surface area contributed by atoms with Crippen molar-refractivity contribution >= 4 is 34.7 Å². The fraction of sp³-hybridized carbons (Fsp3) is 0.391. The van der Waals surface area contributed by atoms with E-state index in [-0.39, 0.29) is 0 Å². The van der Waals surface area contributed by atoms with Gasteiger partial charge in [0, 0.05) is 12.1 Å². The van der Waals surface area contributed by atoms with Crippen molar-refractivity contribution < 1.29 is 49.8 Å². The number of nitrogens with zero attached hydrogens (tertiary/aromatic N) is 4. The lowest BCUT2D eigenvalue weighted by atomic mass is 9.98. The van der Waals surface area contributed by atoms with E-state index in [0.717, 1.165) is 19.3 Å². The molecule has 1 saturated heterocycles. The first-order valence-electron chi connectivity index (χ1n) is 11.6. The van der Waals surface area contributed by atoms with Crippen LogP contribution in [0.3, 0.4) is 0 Å². The second-order valence-corrected chi connectivity index (χ2v) is 9.58. The van der Waals surface area contributed by atoms with Crippen molar-refractivity contribution in [1.82, 2.24) is 24.8 Å². The van der Waals surface area contributed by atoms with Gasteiger partial charge in [-0.15, -0.1) is 0 Å². The van der Waals surface area contributed by atoms with Gasteiger partial charge in [0.15, 0.2) is 5.82 Å². The number of nitrogen functional groups attached to an aromatic ring is 1. The molecule has 3 heterocycles. The zero-order chi connectivity index (χ0) is 30.7. The van der Waals surface area contributed by atoms with Gasteiger partial charge < -0.3 is 21.1 Å². The molecule has 2 amide bonds. The van der Waals surface area contributed by atoms with Crippen molar-refractivity contribution in [2.75, 3.05) is 18.8 Å². The number of carbonyl (C=O) groups is 2.